The third-order valence-corrected chi connectivity index (χ3v) is 8.31. The zero-order valence-electron chi connectivity index (χ0n) is 24.0. The van der Waals surface area contributed by atoms with Crippen LogP contribution in [0, 0.1) is 11.1 Å². The van der Waals surface area contributed by atoms with E-state index in [0.717, 1.165) is 40.7 Å². The highest BCUT2D eigenvalue weighted by Crippen LogP contribution is 2.43. The Bertz CT molecular complexity index is 1320. The monoisotopic (exact) mass is 593 g/mol. The number of carbonyl (C=O) groups is 2. The summed E-state index contributed by atoms with van der Waals surface area (Å²) in [5.74, 6) is 0.411. The van der Waals surface area contributed by atoms with E-state index in [4.69, 9.17) is 9.47 Å². The van der Waals surface area contributed by atoms with Crippen LogP contribution in [0.2, 0.25) is 0 Å². The molecule has 1 aliphatic rings. The highest BCUT2D eigenvalue weighted by atomic mass is 32.2. The quantitative estimate of drug-likeness (QED) is 0.110. The van der Waals surface area contributed by atoms with Crippen LogP contribution in [0.1, 0.15) is 68.6 Å². The van der Waals surface area contributed by atoms with Crippen LogP contribution in [-0.2, 0) is 25.7 Å². The molecule has 224 valence electrons. The predicted octanol–water partition coefficient (Wildman–Crippen LogP) is 5.03. The fourth-order valence-electron chi connectivity index (χ4n) is 4.84. The van der Waals surface area contributed by atoms with Gasteiger partial charge in [0.2, 0.25) is 11.8 Å². The molecule has 9 nitrogen and oxygen atoms in total. The summed E-state index contributed by atoms with van der Waals surface area (Å²) in [6.45, 7) is 4.16. The van der Waals surface area contributed by atoms with Gasteiger partial charge in [0.1, 0.15) is 0 Å². The predicted molar refractivity (Wildman–Crippen MR) is 161 cm³/mol. The highest BCUT2D eigenvalue weighted by Gasteiger charge is 2.38. The number of hydrogen-bond donors (Lipinski definition) is 3. The lowest BCUT2D eigenvalue weighted by atomic mass is 9.91. The molecule has 4 rings (SSSR count). The first-order valence-corrected chi connectivity index (χ1v) is 15.3. The van der Waals surface area contributed by atoms with E-state index >= 15 is 0 Å². The Morgan fingerprint density at radius 2 is 1.81 bits per heavy atom. The SMILES string of the molecule is CC(=O)NCCCCCC(=O)Nc1cccc([C@@H]2O[C@H](CSc3cccc[n+]3[O-])[C@H](C)[C@H](c3ccc(CO)cc3)O2)c1. The smallest absolute Gasteiger partial charge is 0.251 e. The molecule has 3 aromatic rings. The molecule has 3 N–H and O–H groups in total. The molecule has 0 saturated carbocycles. The van der Waals surface area contributed by atoms with Crippen LogP contribution in [0.15, 0.2) is 78.0 Å². The summed E-state index contributed by atoms with van der Waals surface area (Å²) in [6.07, 6.45) is 3.10. The number of hydrogen-bond acceptors (Lipinski definition) is 7. The number of aromatic nitrogens is 1. The van der Waals surface area contributed by atoms with Gasteiger partial charge in [-0.1, -0.05) is 61.5 Å². The molecule has 1 fully saturated rings. The standard InChI is InChI=1S/C32H39N3O6S/c1-22-28(21-42-30-12-5-7-18-35(30)39)40-32(41-31(22)25-15-13-24(20-36)14-16-25)26-9-8-10-27(19-26)34-29(38)11-4-3-6-17-33-23(2)37/h5,7-10,12-16,18-19,22,28,31-32,36H,3-4,6,11,17,20-21H2,1-2H3,(H,33,37)(H,34,38)/t22-,28+,31+,32+/m0/s1. The lowest BCUT2D eigenvalue weighted by molar-refractivity contribution is -0.645. The molecule has 1 aromatic heterocycles. The first kappa shape index (κ1) is 31.5. The van der Waals surface area contributed by atoms with Crippen LogP contribution in [0.5, 0.6) is 0 Å². The van der Waals surface area contributed by atoms with Crippen molar-refractivity contribution in [1.82, 2.24) is 5.32 Å². The molecule has 0 unspecified atom stereocenters. The number of aliphatic hydroxyl groups is 1. The van der Waals surface area contributed by atoms with Gasteiger partial charge in [-0.05, 0) is 42.2 Å². The van der Waals surface area contributed by atoms with Crippen LogP contribution in [-0.4, -0.2) is 35.3 Å². The summed E-state index contributed by atoms with van der Waals surface area (Å²) in [6, 6.07) is 20.5. The number of pyridine rings is 1. The van der Waals surface area contributed by atoms with Crippen molar-refractivity contribution in [3.8, 4) is 0 Å². The average molecular weight is 594 g/mol. The number of carbonyl (C=O) groups excluding carboxylic acids is 2. The number of benzene rings is 2. The fraction of sp³-hybridized carbons (Fsp3) is 0.406. The maximum Gasteiger partial charge on any atom is 0.251 e. The number of nitrogens with zero attached hydrogens (tertiary/aromatic N) is 1. The first-order valence-electron chi connectivity index (χ1n) is 14.3. The Labute approximate surface area is 251 Å². The minimum absolute atomic E-state index is 0.0222. The second kappa shape index (κ2) is 15.7. The molecule has 0 radical (unpaired) electrons. The number of ether oxygens (including phenoxy) is 2. The van der Waals surface area contributed by atoms with Gasteiger partial charge in [0.15, 0.2) is 12.5 Å². The third kappa shape index (κ3) is 9.03. The first-order chi connectivity index (χ1) is 20.3. The Balaban J connectivity index is 1.45. The topological polar surface area (TPSA) is 124 Å². The summed E-state index contributed by atoms with van der Waals surface area (Å²) in [7, 11) is 0. The summed E-state index contributed by atoms with van der Waals surface area (Å²) in [5.41, 5.74) is 3.24. The summed E-state index contributed by atoms with van der Waals surface area (Å²) < 4.78 is 13.9. The minimum Gasteiger partial charge on any atom is -0.618 e. The Morgan fingerprint density at radius 3 is 2.55 bits per heavy atom. The normalized spacial score (nSPS) is 20.2. The Kier molecular flexibility index (Phi) is 11.8. The summed E-state index contributed by atoms with van der Waals surface area (Å²) in [4.78, 5) is 23.5. The lowest BCUT2D eigenvalue weighted by Gasteiger charge is -2.41. The molecule has 1 aliphatic heterocycles. The number of aliphatic hydroxyl groups excluding tert-OH is 1. The van der Waals surface area contributed by atoms with Gasteiger partial charge >= 0.3 is 0 Å². The maximum atomic E-state index is 12.6. The highest BCUT2D eigenvalue weighted by molar-refractivity contribution is 7.99. The second-order valence-electron chi connectivity index (χ2n) is 10.5. The van der Waals surface area contributed by atoms with Crippen LogP contribution < -0.4 is 15.4 Å². The molecule has 1 saturated heterocycles. The van der Waals surface area contributed by atoms with Gasteiger partial charge in [0, 0.05) is 54.9 Å². The maximum absolute atomic E-state index is 12.6. The van der Waals surface area contributed by atoms with Crippen LogP contribution in [0.4, 0.5) is 5.69 Å². The van der Waals surface area contributed by atoms with Gasteiger partial charge < -0.3 is 30.4 Å². The minimum atomic E-state index is -0.685. The van der Waals surface area contributed by atoms with Crippen LogP contribution >= 0.6 is 11.8 Å². The van der Waals surface area contributed by atoms with E-state index in [1.807, 2.05) is 54.6 Å². The van der Waals surface area contributed by atoms with E-state index in [1.165, 1.54) is 24.9 Å². The Morgan fingerprint density at radius 1 is 1.00 bits per heavy atom. The van der Waals surface area contributed by atoms with Gasteiger partial charge in [-0.25, -0.2) is 0 Å². The van der Waals surface area contributed by atoms with E-state index in [2.05, 4.69) is 17.6 Å². The van der Waals surface area contributed by atoms with Gasteiger partial charge in [-0.2, -0.15) is 4.73 Å². The molecule has 0 aliphatic carbocycles. The number of unbranched alkanes of at least 4 members (excludes halogenated alkanes) is 2. The number of nitrogens with one attached hydrogen (secondary N) is 2. The van der Waals surface area contributed by atoms with Crippen molar-refractivity contribution in [2.45, 2.75) is 69.7 Å². The molecule has 42 heavy (non-hydrogen) atoms. The zero-order valence-corrected chi connectivity index (χ0v) is 24.8. The average Bonchev–Trinajstić information content (AvgIpc) is 2.99. The van der Waals surface area contributed by atoms with E-state index in [0.29, 0.717) is 29.4 Å². The van der Waals surface area contributed by atoms with Crippen LogP contribution in [0.25, 0.3) is 0 Å². The second-order valence-corrected chi connectivity index (χ2v) is 11.5. The molecule has 0 bridgehead atoms. The fourth-order valence-corrected chi connectivity index (χ4v) is 5.92. The van der Waals surface area contributed by atoms with E-state index in [-0.39, 0.29) is 36.5 Å². The largest absolute Gasteiger partial charge is 0.618 e. The van der Waals surface area contributed by atoms with Crippen molar-refractivity contribution in [2.75, 3.05) is 17.6 Å². The van der Waals surface area contributed by atoms with Crippen molar-refractivity contribution < 1.29 is 28.9 Å². The zero-order chi connectivity index (χ0) is 29.9. The van der Waals surface area contributed by atoms with Crippen molar-refractivity contribution >= 4 is 29.3 Å². The van der Waals surface area contributed by atoms with E-state index in [1.54, 1.807) is 12.1 Å². The van der Waals surface area contributed by atoms with Crippen molar-refractivity contribution in [1.29, 1.82) is 0 Å². The number of rotatable bonds is 13. The molecule has 10 heteroatoms. The molecular formula is C32H39N3O6S. The third-order valence-electron chi connectivity index (χ3n) is 7.20. The number of anilines is 1. The molecule has 2 aromatic carbocycles. The Hall–Kier alpha value is -3.44. The van der Waals surface area contributed by atoms with Gasteiger partial charge in [-0.3, -0.25) is 9.59 Å². The molecule has 2 heterocycles. The molecule has 0 spiro atoms. The van der Waals surface area contributed by atoms with Crippen molar-refractivity contribution in [3.63, 3.8) is 0 Å². The van der Waals surface area contributed by atoms with Crippen molar-refractivity contribution in [3.05, 3.63) is 94.8 Å². The molecular weight excluding hydrogens is 554 g/mol. The van der Waals surface area contributed by atoms with Crippen molar-refractivity contribution in [2.24, 2.45) is 5.92 Å². The lowest BCUT2D eigenvalue weighted by Crippen LogP contribution is -2.39. The summed E-state index contributed by atoms with van der Waals surface area (Å²) >= 11 is 1.44. The number of amides is 2. The van der Waals surface area contributed by atoms with E-state index in [9.17, 15) is 19.9 Å². The number of thioether (sulfide) groups is 1. The van der Waals surface area contributed by atoms with Gasteiger partial charge in [0.05, 0.1) is 18.8 Å². The molecule has 2 amide bonds. The van der Waals surface area contributed by atoms with Gasteiger partial charge in [0.25, 0.3) is 5.03 Å². The van der Waals surface area contributed by atoms with E-state index < -0.39 is 6.29 Å². The van der Waals surface area contributed by atoms with Gasteiger partial charge in [-0.15, -0.1) is 0 Å². The summed E-state index contributed by atoms with van der Waals surface area (Å²) in [5, 5.41) is 28.1. The molecule has 4 atom stereocenters. The van der Waals surface area contributed by atoms with Crippen LogP contribution in [0.3, 0.4) is 0 Å².